The van der Waals surface area contributed by atoms with Crippen molar-refractivity contribution >= 4 is 11.5 Å². The molecule has 4 heteroatoms. The summed E-state index contributed by atoms with van der Waals surface area (Å²) in [6, 6.07) is 13.8. The molecule has 0 radical (unpaired) electrons. The molecule has 1 aliphatic heterocycles. The highest BCUT2D eigenvalue weighted by Crippen LogP contribution is 2.37. The van der Waals surface area contributed by atoms with Crippen molar-refractivity contribution in [2.45, 2.75) is 26.9 Å². The molecule has 0 atom stereocenters. The first-order valence-corrected chi connectivity index (χ1v) is 9.54. The molecule has 142 valence electrons. The van der Waals surface area contributed by atoms with Gasteiger partial charge in [0.25, 0.3) is 0 Å². The fraction of sp³-hybridized carbons (Fsp3) is 0.348. The minimum Gasteiger partial charge on any atom is -0.488 e. The zero-order valence-corrected chi connectivity index (χ0v) is 16.3. The van der Waals surface area contributed by atoms with Crippen molar-refractivity contribution in [3.8, 4) is 5.75 Å². The monoisotopic (exact) mass is 365 g/mol. The highest BCUT2D eigenvalue weighted by atomic mass is 16.5. The van der Waals surface area contributed by atoms with Crippen LogP contribution in [-0.2, 0) is 11.3 Å². The van der Waals surface area contributed by atoms with Gasteiger partial charge >= 0.3 is 5.97 Å². The van der Waals surface area contributed by atoms with Gasteiger partial charge in [0.1, 0.15) is 12.4 Å². The van der Waals surface area contributed by atoms with Gasteiger partial charge in [0.05, 0.1) is 12.7 Å². The lowest BCUT2D eigenvalue weighted by molar-refractivity contribution is 0.0600. The molecule has 0 amide bonds. The van der Waals surface area contributed by atoms with Gasteiger partial charge in [-0.25, -0.2) is 4.79 Å². The molecule has 0 spiro atoms. The van der Waals surface area contributed by atoms with Crippen LogP contribution in [0, 0.1) is 0 Å². The summed E-state index contributed by atoms with van der Waals surface area (Å²) in [4.78, 5) is 14.4. The number of ether oxygens (including phenoxy) is 2. The molecule has 0 saturated heterocycles. The number of methoxy groups -OCH3 is 1. The van der Waals surface area contributed by atoms with Crippen LogP contribution in [0.4, 0.5) is 0 Å². The minimum atomic E-state index is -0.335. The second-order valence-corrected chi connectivity index (χ2v) is 6.58. The maximum absolute atomic E-state index is 12.0. The van der Waals surface area contributed by atoms with Crippen LogP contribution in [0.25, 0.3) is 5.57 Å². The molecular weight excluding hydrogens is 338 g/mol. The van der Waals surface area contributed by atoms with E-state index in [9.17, 15) is 4.79 Å². The summed E-state index contributed by atoms with van der Waals surface area (Å²) in [6.07, 6.45) is 3.21. The number of carbonyl (C=O) groups excluding carboxylic acids is 1. The van der Waals surface area contributed by atoms with Crippen LogP contribution in [0.1, 0.15) is 47.3 Å². The van der Waals surface area contributed by atoms with Gasteiger partial charge in [-0.2, -0.15) is 0 Å². The fourth-order valence-corrected chi connectivity index (χ4v) is 3.47. The molecule has 4 nitrogen and oxygen atoms in total. The third-order valence-electron chi connectivity index (χ3n) is 5.07. The van der Waals surface area contributed by atoms with Crippen LogP contribution >= 0.6 is 0 Å². The molecule has 0 fully saturated rings. The van der Waals surface area contributed by atoms with E-state index < -0.39 is 0 Å². The number of esters is 1. The molecule has 2 aromatic carbocycles. The number of benzene rings is 2. The standard InChI is InChI=1S/C23H27NO3/c1-4-24(5-2)14-8-11-20-19-10-7-6-9-18(19)16-27-22-13-12-17(15-21(20)22)23(25)26-3/h6-7,9-13,15H,4-5,8,14,16H2,1-3H3/b20-11+. The Morgan fingerprint density at radius 3 is 2.67 bits per heavy atom. The van der Waals surface area contributed by atoms with Gasteiger partial charge in [0.15, 0.2) is 0 Å². The van der Waals surface area contributed by atoms with E-state index in [0.717, 1.165) is 54.1 Å². The smallest absolute Gasteiger partial charge is 0.337 e. The fourth-order valence-electron chi connectivity index (χ4n) is 3.47. The van der Waals surface area contributed by atoms with Crippen molar-refractivity contribution in [1.82, 2.24) is 4.90 Å². The molecule has 1 aliphatic rings. The average molecular weight is 365 g/mol. The second kappa shape index (κ2) is 8.87. The molecule has 3 rings (SSSR count). The van der Waals surface area contributed by atoms with Gasteiger partial charge in [0.2, 0.25) is 0 Å². The zero-order chi connectivity index (χ0) is 19.2. The molecule has 0 aliphatic carbocycles. The van der Waals surface area contributed by atoms with Crippen molar-refractivity contribution in [2.24, 2.45) is 0 Å². The maximum atomic E-state index is 12.0. The number of nitrogens with zero attached hydrogens (tertiary/aromatic N) is 1. The largest absolute Gasteiger partial charge is 0.488 e. The molecule has 0 N–H and O–H groups in total. The van der Waals surface area contributed by atoms with Crippen molar-refractivity contribution in [1.29, 1.82) is 0 Å². The van der Waals surface area contributed by atoms with Crippen LogP contribution in [0.15, 0.2) is 48.5 Å². The molecule has 1 heterocycles. The quantitative estimate of drug-likeness (QED) is 0.705. The lowest BCUT2D eigenvalue weighted by Crippen LogP contribution is -2.23. The Morgan fingerprint density at radius 1 is 1.15 bits per heavy atom. The van der Waals surface area contributed by atoms with Gasteiger partial charge < -0.3 is 14.4 Å². The normalized spacial score (nSPS) is 14.3. The van der Waals surface area contributed by atoms with E-state index in [4.69, 9.17) is 9.47 Å². The van der Waals surface area contributed by atoms with E-state index in [1.807, 2.05) is 24.3 Å². The number of rotatable bonds is 6. The number of carbonyl (C=O) groups is 1. The molecule has 0 unspecified atom stereocenters. The Hall–Kier alpha value is -2.59. The number of hydrogen-bond acceptors (Lipinski definition) is 4. The van der Waals surface area contributed by atoms with Crippen molar-refractivity contribution in [3.05, 3.63) is 70.8 Å². The predicted molar refractivity (Wildman–Crippen MR) is 108 cm³/mol. The Balaban J connectivity index is 2.04. The minimum absolute atomic E-state index is 0.335. The molecule has 27 heavy (non-hydrogen) atoms. The highest BCUT2D eigenvalue weighted by molar-refractivity contribution is 5.93. The third-order valence-corrected chi connectivity index (χ3v) is 5.07. The van der Waals surface area contributed by atoms with E-state index in [1.54, 1.807) is 6.07 Å². The molecule has 0 saturated carbocycles. The molecule has 0 aromatic heterocycles. The Labute approximate surface area is 161 Å². The van der Waals surface area contributed by atoms with Crippen molar-refractivity contribution in [3.63, 3.8) is 0 Å². The van der Waals surface area contributed by atoms with Crippen LogP contribution in [0.5, 0.6) is 5.75 Å². The van der Waals surface area contributed by atoms with Gasteiger partial charge in [-0.3, -0.25) is 0 Å². The summed E-state index contributed by atoms with van der Waals surface area (Å²) >= 11 is 0. The van der Waals surface area contributed by atoms with Gasteiger partial charge in [-0.1, -0.05) is 44.2 Å². The second-order valence-electron chi connectivity index (χ2n) is 6.58. The average Bonchev–Trinajstić information content (AvgIpc) is 2.87. The van der Waals surface area contributed by atoms with Crippen molar-refractivity contribution in [2.75, 3.05) is 26.7 Å². The first-order chi connectivity index (χ1) is 13.2. The van der Waals surface area contributed by atoms with Gasteiger partial charge in [-0.15, -0.1) is 0 Å². The van der Waals surface area contributed by atoms with Gasteiger partial charge in [0, 0.05) is 12.1 Å². The van der Waals surface area contributed by atoms with Crippen LogP contribution < -0.4 is 4.74 Å². The van der Waals surface area contributed by atoms with E-state index in [2.05, 4.69) is 37.0 Å². The molecule has 2 aromatic rings. The van der Waals surface area contributed by atoms with Crippen LogP contribution in [0.2, 0.25) is 0 Å². The summed E-state index contributed by atoms with van der Waals surface area (Å²) in [7, 11) is 1.40. The summed E-state index contributed by atoms with van der Waals surface area (Å²) in [5.74, 6) is 0.464. The van der Waals surface area contributed by atoms with E-state index in [-0.39, 0.29) is 5.97 Å². The lowest BCUT2D eigenvalue weighted by atomic mass is 9.92. The first-order valence-electron chi connectivity index (χ1n) is 9.54. The summed E-state index contributed by atoms with van der Waals surface area (Å²) in [5, 5.41) is 0. The van der Waals surface area contributed by atoms with E-state index >= 15 is 0 Å². The number of hydrogen-bond donors (Lipinski definition) is 0. The highest BCUT2D eigenvalue weighted by Gasteiger charge is 2.20. The van der Waals surface area contributed by atoms with E-state index in [1.165, 1.54) is 7.11 Å². The topological polar surface area (TPSA) is 38.8 Å². The third kappa shape index (κ3) is 4.22. The van der Waals surface area contributed by atoms with Crippen LogP contribution in [-0.4, -0.2) is 37.6 Å². The SMILES string of the molecule is CCN(CC)CC/C=C1\c2ccccc2COc2ccc(C(=O)OC)cc21. The number of fused-ring (bicyclic) bond motifs is 2. The Kier molecular flexibility index (Phi) is 6.30. The lowest BCUT2D eigenvalue weighted by Gasteiger charge is -2.17. The van der Waals surface area contributed by atoms with Crippen molar-refractivity contribution < 1.29 is 14.3 Å². The predicted octanol–water partition coefficient (Wildman–Crippen LogP) is 4.53. The van der Waals surface area contributed by atoms with E-state index in [0.29, 0.717) is 12.2 Å². The van der Waals surface area contributed by atoms with Crippen LogP contribution in [0.3, 0.4) is 0 Å². The first kappa shape index (κ1) is 19.2. The summed E-state index contributed by atoms with van der Waals surface area (Å²) in [6.45, 7) is 7.98. The Morgan fingerprint density at radius 2 is 1.93 bits per heavy atom. The molecular formula is C23H27NO3. The zero-order valence-electron chi connectivity index (χ0n) is 16.3. The van der Waals surface area contributed by atoms with Gasteiger partial charge in [-0.05, 0) is 54.4 Å². The summed E-state index contributed by atoms with van der Waals surface area (Å²) in [5.41, 5.74) is 4.92. The summed E-state index contributed by atoms with van der Waals surface area (Å²) < 4.78 is 10.9. The maximum Gasteiger partial charge on any atom is 0.337 e. The Bertz CT molecular complexity index is 837. The molecule has 0 bridgehead atoms.